The van der Waals surface area contributed by atoms with Crippen LogP contribution in [-0.4, -0.2) is 62.1 Å². The van der Waals surface area contributed by atoms with E-state index < -0.39 is 0 Å². The Morgan fingerprint density at radius 2 is 1.56 bits per heavy atom. The summed E-state index contributed by atoms with van der Waals surface area (Å²) < 4.78 is 0. The molecule has 0 atom stereocenters. The Bertz CT molecular complexity index is 1230. The molecule has 5 rings (SSSR count). The average molecular weight is 454 g/mol. The molecule has 1 aromatic heterocycles. The van der Waals surface area contributed by atoms with Gasteiger partial charge in [0, 0.05) is 48.8 Å². The Labute approximate surface area is 201 Å². The summed E-state index contributed by atoms with van der Waals surface area (Å²) in [5.74, 6) is 0.154. The van der Waals surface area contributed by atoms with E-state index in [-0.39, 0.29) is 5.91 Å². The van der Waals surface area contributed by atoms with Gasteiger partial charge in [-0.05, 0) is 29.3 Å². The van der Waals surface area contributed by atoms with Crippen LogP contribution in [-0.2, 0) is 11.2 Å². The molecule has 1 amide bonds. The van der Waals surface area contributed by atoms with Crippen LogP contribution < -0.4 is 9.80 Å². The Balaban J connectivity index is 1.19. The summed E-state index contributed by atoms with van der Waals surface area (Å²) in [6, 6.07) is 29.1. The highest BCUT2D eigenvalue weighted by Gasteiger charge is 2.24. The van der Waals surface area contributed by atoms with Gasteiger partial charge in [-0.2, -0.15) is 0 Å². The first-order valence-corrected chi connectivity index (χ1v) is 12.2. The molecule has 0 radical (unpaired) electrons. The number of quaternary nitrogens is 1. The Kier molecular flexibility index (Phi) is 6.74. The molecule has 0 saturated carbocycles. The number of H-pyrrole nitrogens is 1. The van der Waals surface area contributed by atoms with E-state index in [9.17, 15) is 4.79 Å². The fraction of sp³-hybridized carbons (Fsp3) is 0.276. The highest BCUT2D eigenvalue weighted by Crippen LogP contribution is 2.30. The molecule has 34 heavy (non-hydrogen) atoms. The molecule has 1 fully saturated rings. The average Bonchev–Trinajstić information content (AvgIpc) is 3.27. The zero-order valence-corrected chi connectivity index (χ0v) is 19.8. The van der Waals surface area contributed by atoms with Crippen LogP contribution in [0.15, 0.2) is 84.9 Å². The van der Waals surface area contributed by atoms with E-state index in [1.165, 1.54) is 27.7 Å². The highest BCUT2D eigenvalue weighted by molar-refractivity contribution is 5.94. The molecule has 5 nitrogen and oxygen atoms in total. The minimum absolute atomic E-state index is 0.154. The first-order valence-electron chi connectivity index (χ1n) is 12.2. The number of anilines is 1. The minimum Gasteiger partial charge on any atom is -0.354 e. The van der Waals surface area contributed by atoms with Crippen molar-refractivity contribution in [2.45, 2.75) is 6.42 Å². The third kappa shape index (κ3) is 4.91. The summed E-state index contributed by atoms with van der Waals surface area (Å²) in [7, 11) is 1.87. The number of piperazine rings is 1. The molecule has 0 unspecified atom stereocenters. The molecular formula is C29H33N4O+. The van der Waals surface area contributed by atoms with Crippen LogP contribution >= 0.6 is 0 Å². The maximum atomic E-state index is 12.7. The van der Waals surface area contributed by atoms with Gasteiger partial charge in [0.25, 0.3) is 0 Å². The number of fused-ring (bicyclic) bond motifs is 1. The molecule has 0 bridgehead atoms. The van der Waals surface area contributed by atoms with Gasteiger partial charge in [0.1, 0.15) is 0 Å². The van der Waals surface area contributed by atoms with Crippen molar-refractivity contribution in [3.8, 4) is 11.3 Å². The number of amides is 1. The number of carbonyl (C=O) groups excluding carboxylic acids is 1. The molecule has 2 heterocycles. The molecule has 1 aliphatic heterocycles. The number of carbonyl (C=O) groups is 1. The van der Waals surface area contributed by atoms with E-state index >= 15 is 0 Å². The van der Waals surface area contributed by atoms with Gasteiger partial charge in [-0.3, -0.25) is 9.69 Å². The molecule has 4 aromatic rings. The maximum Gasteiger partial charge on any atom is 0.240 e. The summed E-state index contributed by atoms with van der Waals surface area (Å²) in [6.45, 7) is 5.66. The third-order valence-corrected chi connectivity index (χ3v) is 7.04. The predicted molar refractivity (Wildman–Crippen MR) is 139 cm³/mol. The van der Waals surface area contributed by atoms with E-state index in [0.29, 0.717) is 6.54 Å². The van der Waals surface area contributed by atoms with Gasteiger partial charge in [0.2, 0.25) is 5.91 Å². The molecule has 0 spiro atoms. The van der Waals surface area contributed by atoms with Gasteiger partial charge >= 0.3 is 0 Å². The van der Waals surface area contributed by atoms with Crippen LogP contribution in [0.25, 0.3) is 22.2 Å². The van der Waals surface area contributed by atoms with Gasteiger partial charge in [0.15, 0.2) is 0 Å². The van der Waals surface area contributed by atoms with Crippen LogP contribution in [0, 0.1) is 0 Å². The van der Waals surface area contributed by atoms with Crippen molar-refractivity contribution in [1.29, 1.82) is 0 Å². The lowest BCUT2D eigenvalue weighted by Gasteiger charge is -2.32. The number of aromatic amines is 1. The topological polar surface area (TPSA) is 43.8 Å². The van der Waals surface area contributed by atoms with E-state index in [0.717, 1.165) is 44.8 Å². The highest BCUT2D eigenvalue weighted by atomic mass is 16.2. The lowest BCUT2D eigenvalue weighted by Crippen LogP contribution is -3.15. The van der Waals surface area contributed by atoms with E-state index in [4.69, 9.17) is 0 Å². The summed E-state index contributed by atoms with van der Waals surface area (Å²) in [4.78, 5) is 22.1. The lowest BCUT2D eigenvalue weighted by atomic mass is 10.0. The number of aromatic nitrogens is 1. The number of hydrogen-bond acceptors (Lipinski definition) is 2. The zero-order chi connectivity index (χ0) is 23.3. The monoisotopic (exact) mass is 453 g/mol. The third-order valence-electron chi connectivity index (χ3n) is 7.04. The van der Waals surface area contributed by atoms with Gasteiger partial charge in [-0.1, -0.05) is 66.7 Å². The molecule has 174 valence electrons. The van der Waals surface area contributed by atoms with E-state index in [1.54, 1.807) is 9.80 Å². The number of benzene rings is 3. The SMILES string of the molecule is CN(C(=O)CN1CC[NH+](CCc2c(-c3ccccc3)[nH]c3ccccc23)CC1)c1ccccc1. The van der Waals surface area contributed by atoms with Crippen LogP contribution in [0.2, 0.25) is 0 Å². The van der Waals surface area contributed by atoms with Crippen LogP contribution in [0.1, 0.15) is 5.56 Å². The van der Waals surface area contributed by atoms with Gasteiger partial charge < -0.3 is 14.8 Å². The first kappa shape index (κ1) is 22.4. The lowest BCUT2D eigenvalue weighted by molar-refractivity contribution is -0.904. The second-order valence-electron chi connectivity index (χ2n) is 9.20. The molecule has 1 aliphatic rings. The van der Waals surface area contributed by atoms with E-state index in [2.05, 4.69) is 64.5 Å². The summed E-state index contributed by atoms with van der Waals surface area (Å²) >= 11 is 0. The first-order chi connectivity index (χ1) is 16.7. The molecule has 3 aromatic carbocycles. The van der Waals surface area contributed by atoms with Crippen molar-refractivity contribution in [2.75, 3.05) is 51.2 Å². The number of hydrogen-bond donors (Lipinski definition) is 2. The largest absolute Gasteiger partial charge is 0.354 e. The van der Waals surface area contributed by atoms with Gasteiger partial charge in [0.05, 0.1) is 26.2 Å². The van der Waals surface area contributed by atoms with Crippen molar-refractivity contribution in [1.82, 2.24) is 9.88 Å². The molecule has 5 heteroatoms. The Morgan fingerprint density at radius 1 is 0.912 bits per heavy atom. The second kappa shape index (κ2) is 10.2. The number of para-hydroxylation sites is 2. The second-order valence-corrected chi connectivity index (χ2v) is 9.20. The number of likely N-dealkylation sites (N-methyl/N-ethyl adjacent to an activating group) is 1. The summed E-state index contributed by atoms with van der Waals surface area (Å²) in [5, 5.41) is 1.33. The standard InChI is InChI=1S/C29H32N4O/c1-31(24-12-6-3-7-13-24)28(34)22-33-20-18-32(19-21-33)17-16-26-25-14-8-9-15-27(25)30-29(26)23-10-4-2-5-11-23/h2-15,30H,16-22H2,1H3/p+1. The fourth-order valence-corrected chi connectivity index (χ4v) is 4.98. The normalized spacial score (nSPS) is 15.0. The molecule has 0 aliphatic carbocycles. The zero-order valence-electron chi connectivity index (χ0n) is 19.8. The van der Waals surface area contributed by atoms with Crippen molar-refractivity contribution < 1.29 is 9.69 Å². The Morgan fingerprint density at radius 3 is 2.29 bits per heavy atom. The summed E-state index contributed by atoms with van der Waals surface area (Å²) in [6.07, 6.45) is 1.04. The van der Waals surface area contributed by atoms with E-state index in [1.807, 2.05) is 37.4 Å². The van der Waals surface area contributed by atoms with Crippen LogP contribution in [0.5, 0.6) is 0 Å². The number of rotatable bonds is 7. The Hall–Kier alpha value is -3.41. The van der Waals surface area contributed by atoms with Crippen molar-refractivity contribution in [3.63, 3.8) is 0 Å². The number of nitrogens with one attached hydrogen (secondary N) is 2. The van der Waals surface area contributed by atoms with Crippen molar-refractivity contribution >= 4 is 22.5 Å². The summed E-state index contributed by atoms with van der Waals surface area (Å²) in [5.41, 5.74) is 6.06. The van der Waals surface area contributed by atoms with Crippen molar-refractivity contribution in [2.24, 2.45) is 0 Å². The maximum absolute atomic E-state index is 12.7. The van der Waals surface area contributed by atoms with Crippen LogP contribution in [0.4, 0.5) is 5.69 Å². The fourth-order valence-electron chi connectivity index (χ4n) is 4.98. The predicted octanol–water partition coefficient (Wildman–Crippen LogP) is 3.24. The minimum atomic E-state index is 0.154. The van der Waals surface area contributed by atoms with Crippen LogP contribution in [0.3, 0.4) is 0 Å². The molecule has 1 saturated heterocycles. The quantitative estimate of drug-likeness (QED) is 0.451. The molecule has 2 N–H and O–H groups in total. The van der Waals surface area contributed by atoms with Gasteiger partial charge in [-0.25, -0.2) is 0 Å². The van der Waals surface area contributed by atoms with Gasteiger partial charge in [-0.15, -0.1) is 0 Å². The number of nitrogens with zero attached hydrogens (tertiary/aromatic N) is 2. The van der Waals surface area contributed by atoms with Crippen molar-refractivity contribution in [3.05, 3.63) is 90.5 Å². The molecular weight excluding hydrogens is 420 g/mol. The smallest absolute Gasteiger partial charge is 0.240 e.